The summed E-state index contributed by atoms with van der Waals surface area (Å²) in [7, 11) is 0. The molecule has 0 amide bonds. The number of rotatable bonds is 3. The third kappa shape index (κ3) is 2.87. The Labute approximate surface area is 143 Å². The van der Waals surface area contributed by atoms with Gasteiger partial charge in [0.2, 0.25) is 0 Å². The lowest BCUT2D eigenvalue weighted by Gasteiger charge is -2.08. The smallest absolute Gasteiger partial charge is 0.152 e. The molecule has 0 saturated heterocycles. The Hall–Kier alpha value is -0.410. The minimum atomic E-state index is 0.863. The summed E-state index contributed by atoms with van der Waals surface area (Å²) < 4.78 is 4.55. The van der Waals surface area contributed by atoms with E-state index >= 15 is 0 Å². The zero-order valence-electron chi connectivity index (χ0n) is 9.88. The van der Waals surface area contributed by atoms with Crippen molar-refractivity contribution in [2.75, 3.05) is 0 Å². The van der Waals surface area contributed by atoms with Crippen molar-refractivity contribution in [2.24, 2.45) is 0 Å². The van der Waals surface area contributed by atoms with Crippen molar-refractivity contribution in [1.82, 2.24) is 9.55 Å². The SMILES string of the molecule is Ic1nc(-c2cccs2)n(Cc2ccccc2)c1I. The zero-order chi connectivity index (χ0) is 13.2. The van der Waals surface area contributed by atoms with Gasteiger partial charge in [-0.05, 0) is 62.2 Å². The molecule has 96 valence electrons. The molecule has 19 heavy (non-hydrogen) atoms. The van der Waals surface area contributed by atoms with Crippen LogP contribution in [0.5, 0.6) is 0 Å². The molecule has 2 heterocycles. The van der Waals surface area contributed by atoms with Gasteiger partial charge in [0, 0.05) is 0 Å². The van der Waals surface area contributed by atoms with Crippen LogP contribution in [0.15, 0.2) is 47.8 Å². The average Bonchev–Trinajstić information content (AvgIpc) is 3.04. The summed E-state index contributed by atoms with van der Waals surface area (Å²) in [4.78, 5) is 5.92. The Morgan fingerprint density at radius 3 is 2.53 bits per heavy atom. The van der Waals surface area contributed by atoms with E-state index < -0.39 is 0 Å². The fourth-order valence-electron chi connectivity index (χ4n) is 1.91. The standard InChI is InChI=1S/C14H10I2N2S/c15-12-13(16)18(9-10-5-2-1-3-6-10)14(17-12)11-7-4-8-19-11/h1-8H,9H2. The third-order valence-electron chi connectivity index (χ3n) is 2.79. The van der Waals surface area contributed by atoms with E-state index in [1.807, 2.05) is 6.07 Å². The molecular formula is C14H10I2N2S. The summed E-state index contributed by atoms with van der Waals surface area (Å²) in [6.07, 6.45) is 0. The minimum absolute atomic E-state index is 0.863. The van der Waals surface area contributed by atoms with Gasteiger partial charge < -0.3 is 4.57 Å². The predicted octanol–water partition coefficient (Wildman–Crippen LogP) is 4.87. The van der Waals surface area contributed by atoms with Crippen LogP contribution >= 0.6 is 56.5 Å². The lowest BCUT2D eigenvalue weighted by molar-refractivity contribution is 0.788. The molecular weight excluding hydrogens is 482 g/mol. The zero-order valence-corrected chi connectivity index (χ0v) is 15.0. The molecule has 0 bridgehead atoms. The number of halogens is 2. The maximum Gasteiger partial charge on any atom is 0.152 e. The number of hydrogen-bond donors (Lipinski definition) is 0. The number of nitrogens with zero attached hydrogens (tertiary/aromatic N) is 2. The van der Waals surface area contributed by atoms with Crippen molar-refractivity contribution in [3.63, 3.8) is 0 Å². The largest absolute Gasteiger partial charge is 0.313 e. The van der Waals surface area contributed by atoms with Gasteiger partial charge in [0.05, 0.1) is 11.4 Å². The topological polar surface area (TPSA) is 17.8 Å². The van der Waals surface area contributed by atoms with Gasteiger partial charge in [0.25, 0.3) is 0 Å². The highest BCUT2D eigenvalue weighted by atomic mass is 127. The quantitative estimate of drug-likeness (QED) is 0.478. The van der Waals surface area contributed by atoms with Gasteiger partial charge in [-0.25, -0.2) is 4.98 Å². The van der Waals surface area contributed by atoms with Crippen LogP contribution in [0.4, 0.5) is 0 Å². The molecule has 0 aliphatic carbocycles. The Kier molecular flexibility index (Phi) is 4.23. The van der Waals surface area contributed by atoms with Gasteiger partial charge in [-0.3, -0.25) is 0 Å². The molecule has 0 spiro atoms. The van der Waals surface area contributed by atoms with Crippen molar-refractivity contribution in [1.29, 1.82) is 0 Å². The summed E-state index contributed by atoms with van der Waals surface area (Å²) in [5.41, 5.74) is 1.30. The van der Waals surface area contributed by atoms with E-state index in [4.69, 9.17) is 4.98 Å². The molecule has 3 rings (SSSR count). The van der Waals surface area contributed by atoms with Gasteiger partial charge >= 0.3 is 0 Å². The maximum atomic E-state index is 4.70. The van der Waals surface area contributed by atoms with Crippen molar-refractivity contribution in [3.05, 3.63) is 60.8 Å². The number of imidazole rings is 1. The Balaban J connectivity index is 2.05. The minimum Gasteiger partial charge on any atom is -0.313 e. The Morgan fingerprint density at radius 1 is 1.05 bits per heavy atom. The van der Waals surface area contributed by atoms with Crippen molar-refractivity contribution >= 4 is 56.5 Å². The first kappa shape index (κ1) is 13.6. The predicted molar refractivity (Wildman–Crippen MR) is 96.5 cm³/mol. The van der Waals surface area contributed by atoms with Crippen LogP contribution in [0.25, 0.3) is 10.7 Å². The van der Waals surface area contributed by atoms with E-state index in [9.17, 15) is 0 Å². The van der Waals surface area contributed by atoms with Crippen LogP contribution in [-0.4, -0.2) is 9.55 Å². The second kappa shape index (κ2) is 5.92. The van der Waals surface area contributed by atoms with Crippen molar-refractivity contribution < 1.29 is 0 Å². The molecule has 3 aromatic rings. The van der Waals surface area contributed by atoms with E-state index in [1.165, 1.54) is 14.1 Å². The van der Waals surface area contributed by atoms with Gasteiger partial charge in [0.1, 0.15) is 7.40 Å². The summed E-state index contributed by atoms with van der Waals surface area (Å²) in [6, 6.07) is 14.7. The number of aromatic nitrogens is 2. The third-order valence-corrected chi connectivity index (χ3v) is 6.54. The van der Waals surface area contributed by atoms with E-state index in [-0.39, 0.29) is 0 Å². The molecule has 2 nitrogen and oxygen atoms in total. The summed E-state index contributed by atoms with van der Waals surface area (Å²) >= 11 is 6.41. The van der Waals surface area contributed by atoms with Crippen LogP contribution in [0.1, 0.15) is 5.56 Å². The summed E-state index contributed by atoms with van der Waals surface area (Å²) in [6.45, 7) is 0.863. The molecule has 0 atom stereocenters. The van der Waals surface area contributed by atoms with Gasteiger partial charge in [-0.15, -0.1) is 11.3 Å². The summed E-state index contributed by atoms with van der Waals surface area (Å²) in [5.74, 6) is 1.06. The molecule has 0 N–H and O–H groups in total. The average molecular weight is 492 g/mol. The van der Waals surface area contributed by atoms with Crippen LogP contribution in [0, 0.1) is 7.40 Å². The molecule has 0 saturated carbocycles. The van der Waals surface area contributed by atoms with Gasteiger partial charge in [0.15, 0.2) is 5.82 Å². The van der Waals surface area contributed by atoms with E-state index in [1.54, 1.807) is 11.3 Å². The molecule has 0 fully saturated rings. The van der Waals surface area contributed by atoms with E-state index in [0.717, 1.165) is 16.1 Å². The van der Waals surface area contributed by atoms with Crippen LogP contribution in [0.2, 0.25) is 0 Å². The second-order valence-electron chi connectivity index (χ2n) is 4.07. The van der Waals surface area contributed by atoms with Crippen molar-refractivity contribution in [3.8, 4) is 10.7 Å². The fourth-order valence-corrected chi connectivity index (χ4v) is 3.67. The Bertz CT molecular complexity index is 675. The molecule has 0 aliphatic rings. The highest BCUT2D eigenvalue weighted by Crippen LogP contribution is 2.28. The molecule has 0 radical (unpaired) electrons. The normalized spacial score (nSPS) is 10.8. The fraction of sp³-hybridized carbons (Fsp3) is 0.0714. The van der Waals surface area contributed by atoms with Gasteiger partial charge in [-0.2, -0.15) is 0 Å². The van der Waals surface area contributed by atoms with Crippen LogP contribution in [-0.2, 0) is 6.54 Å². The first-order valence-electron chi connectivity index (χ1n) is 5.75. The Morgan fingerprint density at radius 2 is 1.84 bits per heavy atom. The molecule has 1 aromatic carbocycles. The number of hydrogen-bond acceptors (Lipinski definition) is 2. The van der Waals surface area contributed by atoms with E-state index in [2.05, 4.69) is 91.5 Å². The second-order valence-corrected chi connectivity index (χ2v) is 7.06. The maximum absolute atomic E-state index is 4.70. The molecule has 0 aliphatic heterocycles. The lowest BCUT2D eigenvalue weighted by Crippen LogP contribution is -2.03. The highest BCUT2D eigenvalue weighted by Gasteiger charge is 2.15. The van der Waals surface area contributed by atoms with Crippen LogP contribution < -0.4 is 0 Å². The first-order chi connectivity index (χ1) is 9.25. The highest BCUT2D eigenvalue weighted by molar-refractivity contribution is 14.1. The summed E-state index contributed by atoms with van der Waals surface area (Å²) in [5, 5.41) is 2.09. The lowest BCUT2D eigenvalue weighted by atomic mass is 10.2. The first-order valence-corrected chi connectivity index (χ1v) is 8.79. The monoisotopic (exact) mass is 492 g/mol. The van der Waals surface area contributed by atoms with Crippen molar-refractivity contribution in [2.45, 2.75) is 6.54 Å². The van der Waals surface area contributed by atoms with E-state index in [0.29, 0.717) is 0 Å². The van der Waals surface area contributed by atoms with Crippen LogP contribution in [0.3, 0.4) is 0 Å². The number of benzene rings is 1. The molecule has 0 unspecified atom stereocenters. The van der Waals surface area contributed by atoms with Gasteiger partial charge in [-0.1, -0.05) is 36.4 Å². The molecule has 5 heteroatoms. The number of thiophene rings is 1. The molecule has 2 aromatic heterocycles.